The Hall–Kier alpha value is -2.50. The fourth-order valence-electron chi connectivity index (χ4n) is 1.70. The van der Waals surface area contributed by atoms with Gasteiger partial charge in [0.1, 0.15) is 5.82 Å². The largest absolute Gasteiger partial charge is 0.363 e. The van der Waals surface area contributed by atoms with Gasteiger partial charge in [0.2, 0.25) is 0 Å². The first kappa shape index (κ1) is 14.9. The van der Waals surface area contributed by atoms with Gasteiger partial charge in [-0.3, -0.25) is 9.78 Å². The van der Waals surface area contributed by atoms with Gasteiger partial charge in [-0.05, 0) is 30.7 Å². The maximum Gasteiger partial charge on any atom is 0.271 e. The molecule has 0 saturated heterocycles. The molecule has 0 radical (unpaired) electrons. The van der Waals surface area contributed by atoms with E-state index in [1.54, 1.807) is 18.3 Å². The molecule has 2 N–H and O–H groups in total. The van der Waals surface area contributed by atoms with Crippen LogP contribution in [0.3, 0.4) is 0 Å². The zero-order chi connectivity index (χ0) is 14.9. The van der Waals surface area contributed by atoms with Crippen LogP contribution in [0.1, 0.15) is 35.9 Å². The molecule has 6 heteroatoms. The number of hydrogen-bond acceptors (Lipinski definition) is 5. The lowest BCUT2D eigenvalue weighted by atomic mass is 10.3. The molecule has 2 heterocycles. The predicted molar refractivity (Wildman–Crippen MR) is 80.8 cm³/mol. The minimum Gasteiger partial charge on any atom is -0.363 e. The molecule has 0 fully saturated rings. The van der Waals surface area contributed by atoms with Crippen LogP contribution in [0, 0.1) is 0 Å². The van der Waals surface area contributed by atoms with Gasteiger partial charge in [0.25, 0.3) is 5.91 Å². The Labute approximate surface area is 124 Å². The van der Waals surface area contributed by atoms with Crippen LogP contribution in [0.4, 0.5) is 5.82 Å². The van der Waals surface area contributed by atoms with Gasteiger partial charge in [0.15, 0.2) is 5.69 Å². The number of carbonyl (C=O) groups excluding carboxylic acids is 1. The third kappa shape index (κ3) is 4.83. The van der Waals surface area contributed by atoms with Crippen molar-refractivity contribution in [2.24, 2.45) is 0 Å². The lowest BCUT2D eigenvalue weighted by molar-refractivity contribution is 0.0947. The third-order valence-electron chi connectivity index (χ3n) is 2.89. The summed E-state index contributed by atoms with van der Waals surface area (Å²) in [6.45, 7) is 3.31. The SMILES string of the molecule is CCCCNC(=O)c1ccc(NCc2ccccn2)nn1. The molecule has 2 aromatic rings. The molecule has 0 aliphatic carbocycles. The van der Waals surface area contributed by atoms with E-state index in [-0.39, 0.29) is 5.91 Å². The summed E-state index contributed by atoms with van der Waals surface area (Å²) in [4.78, 5) is 16.0. The van der Waals surface area contributed by atoms with Gasteiger partial charge >= 0.3 is 0 Å². The number of nitrogens with one attached hydrogen (secondary N) is 2. The van der Waals surface area contributed by atoms with Gasteiger partial charge in [-0.15, -0.1) is 10.2 Å². The molecular weight excluding hydrogens is 266 g/mol. The van der Waals surface area contributed by atoms with Gasteiger partial charge in [-0.1, -0.05) is 19.4 Å². The van der Waals surface area contributed by atoms with E-state index in [1.807, 2.05) is 18.2 Å². The Kier molecular flexibility index (Phi) is 5.63. The zero-order valence-corrected chi connectivity index (χ0v) is 12.0. The minimum absolute atomic E-state index is 0.188. The fourth-order valence-corrected chi connectivity index (χ4v) is 1.70. The highest BCUT2D eigenvalue weighted by Crippen LogP contribution is 2.04. The van der Waals surface area contributed by atoms with Crippen molar-refractivity contribution in [3.63, 3.8) is 0 Å². The van der Waals surface area contributed by atoms with Gasteiger partial charge in [0.05, 0.1) is 12.2 Å². The van der Waals surface area contributed by atoms with Crippen molar-refractivity contribution in [3.05, 3.63) is 47.9 Å². The molecule has 0 atom stereocenters. The van der Waals surface area contributed by atoms with E-state index in [4.69, 9.17) is 0 Å². The molecule has 110 valence electrons. The maximum absolute atomic E-state index is 11.8. The first-order valence-electron chi connectivity index (χ1n) is 7.05. The average Bonchev–Trinajstić information content (AvgIpc) is 2.54. The molecule has 0 saturated carbocycles. The Balaban J connectivity index is 1.85. The van der Waals surface area contributed by atoms with E-state index in [0.29, 0.717) is 24.6 Å². The first-order chi connectivity index (χ1) is 10.3. The molecule has 0 aliphatic rings. The van der Waals surface area contributed by atoms with Crippen molar-refractivity contribution in [1.29, 1.82) is 0 Å². The van der Waals surface area contributed by atoms with E-state index in [9.17, 15) is 4.79 Å². The molecule has 0 spiro atoms. The van der Waals surface area contributed by atoms with Crippen LogP contribution in [0.5, 0.6) is 0 Å². The van der Waals surface area contributed by atoms with Crippen LogP contribution in [0.15, 0.2) is 36.5 Å². The van der Waals surface area contributed by atoms with Gasteiger partial charge in [0, 0.05) is 12.7 Å². The second-order valence-corrected chi connectivity index (χ2v) is 4.59. The summed E-state index contributed by atoms with van der Waals surface area (Å²) in [5.74, 6) is 0.429. The zero-order valence-electron chi connectivity index (χ0n) is 12.0. The normalized spacial score (nSPS) is 10.1. The van der Waals surface area contributed by atoms with Gasteiger partial charge in [-0.25, -0.2) is 0 Å². The number of amides is 1. The smallest absolute Gasteiger partial charge is 0.271 e. The van der Waals surface area contributed by atoms with E-state index in [0.717, 1.165) is 18.5 Å². The van der Waals surface area contributed by atoms with Crippen molar-refractivity contribution in [3.8, 4) is 0 Å². The van der Waals surface area contributed by atoms with Crippen LogP contribution >= 0.6 is 0 Å². The molecule has 2 aromatic heterocycles. The second kappa shape index (κ2) is 7.94. The first-order valence-corrected chi connectivity index (χ1v) is 7.05. The van der Waals surface area contributed by atoms with Crippen molar-refractivity contribution in [2.45, 2.75) is 26.3 Å². The lowest BCUT2D eigenvalue weighted by Crippen LogP contribution is -2.25. The second-order valence-electron chi connectivity index (χ2n) is 4.59. The lowest BCUT2D eigenvalue weighted by Gasteiger charge is -2.06. The number of unbranched alkanes of at least 4 members (excludes halogenated alkanes) is 1. The summed E-state index contributed by atoms with van der Waals surface area (Å²) in [7, 11) is 0. The van der Waals surface area contributed by atoms with Crippen LogP contribution in [-0.2, 0) is 6.54 Å². The van der Waals surface area contributed by atoms with Crippen molar-refractivity contribution < 1.29 is 4.79 Å². The summed E-state index contributed by atoms with van der Waals surface area (Å²) in [6, 6.07) is 9.13. The Morgan fingerprint density at radius 3 is 2.76 bits per heavy atom. The predicted octanol–water partition coefficient (Wildman–Crippen LogP) is 2.01. The number of pyridine rings is 1. The van der Waals surface area contributed by atoms with E-state index >= 15 is 0 Å². The number of rotatable bonds is 7. The summed E-state index contributed by atoms with van der Waals surface area (Å²) in [5, 5.41) is 13.8. The summed E-state index contributed by atoms with van der Waals surface area (Å²) >= 11 is 0. The molecule has 0 aromatic carbocycles. The molecule has 1 amide bonds. The van der Waals surface area contributed by atoms with Crippen LogP contribution in [0.25, 0.3) is 0 Å². The standard InChI is InChI=1S/C15H19N5O/c1-2-3-9-17-15(21)13-7-8-14(20-19-13)18-11-12-6-4-5-10-16-12/h4-8,10H,2-3,9,11H2,1H3,(H,17,21)(H,18,20). The highest BCUT2D eigenvalue weighted by atomic mass is 16.1. The summed E-state index contributed by atoms with van der Waals surface area (Å²) in [6.07, 6.45) is 3.75. The fraction of sp³-hybridized carbons (Fsp3) is 0.333. The third-order valence-corrected chi connectivity index (χ3v) is 2.89. The summed E-state index contributed by atoms with van der Waals surface area (Å²) < 4.78 is 0. The van der Waals surface area contributed by atoms with E-state index < -0.39 is 0 Å². The average molecular weight is 285 g/mol. The van der Waals surface area contributed by atoms with Gasteiger partial charge in [-0.2, -0.15) is 0 Å². The molecule has 0 unspecified atom stereocenters. The Morgan fingerprint density at radius 1 is 1.19 bits per heavy atom. The minimum atomic E-state index is -0.188. The van der Waals surface area contributed by atoms with Crippen molar-refractivity contribution in [2.75, 3.05) is 11.9 Å². The number of carbonyl (C=O) groups is 1. The van der Waals surface area contributed by atoms with Crippen LogP contribution in [0.2, 0.25) is 0 Å². The molecule has 2 rings (SSSR count). The quantitative estimate of drug-likeness (QED) is 0.761. The topological polar surface area (TPSA) is 79.8 Å². The van der Waals surface area contributed by atoms with Crippen molar-refractivity contribution >= 4 is 11.7 Å². The van der Waals surface area contributed by atoms with Crippen LogP contribution in [-0.4, -0.2) is 27.6 Å². The number of aromatic nitrogens is 3. The Bertz CT molecular complexity index is 556. The molecule has 6 nitrogen and oxygen atoms in total. The monoisotopic (exact) mass is 285 g/mol. The molecular formula is C15H19N5O. The highest BCUT2D eigenvalue weighted by molar-refractivity contribution is 5.92. The van der Waals surface area contributed by atoms with E-state index in [2.05, 4.69) is 32.7 Å². The Morgan fingerprint density at radius 2 is 2.10 bits per heavy atom. The number of hydrogen-bond donors (Lipinski definition) is 2. The van der Waals surface area contributed by atoms with E-state index in [1.165, 1.54) is 0 Å². The van der Waals surface area contributed by atoms with Gasteiger partial charge < -0.3 is 10.6 Å². The molecule has 0 bridgehead atoms. The summed E-state index contributed by atoms with van der Waals surface area (Å²) in [5.41, 5.74) is 1.25. The maximum atomic E-state index is 11.8. The van der Waals surface area contributed by atoms with Crippen molar-refractivity contribution in [1.82, 2.24) is 20.5 Å². The number of anilines is 1. The number of nitrogens with zero attached hydrogens (tertiary/aromatic N) is 3. The van der Waals surface area contributed by atoms with Crippen LogP contribution < -0.4 is 10.6 Å². The molecule has 0 aliphatic heterocycles. The molecule has 21 heavy (non-hydrogen) atoms. The highest BCUT2D eigenvalue weighted by Gasteiger charge is 2.07.